The lowest BCUT2D eigenvalue weighted by Gasteiger charge is -2.30. The average molecular weight is 359 g/mol. The van der Waals surface area contributed by atoms with Crippen molar-refractivity contribution in [3.05, 3.63) is 29.3 Å². The molecular formula is C24H38O2. The molecule has 2 nitrogen and oxygen atoms in total. The molecule has 1 N–H and O–H groups in total. The van der Waals surface area contributed by atoms with Gasteiger partial charge in [-0.25, -0.2) is 0 Å². The van der Waals surface area contributed by atoms with Crippen LogP contribution in [-0.4, -0.2) is 10.9 Å². The molecule has 1 fully saturated rings. The first-order valence-electron chi connectivity index (χ1n) is 10.7. The topological polar surface area (TPSA) is 37.3 Å². The molecule has 0 bridgehead atoms. The van der Waals surface area contributed by atoms with E-state index in [1.165, 1.54) is 31.2 Å². The largest absolute Gasteiger partial charge is 0.508 e. The van der Waals surface area contributed by atoms with Crippen LogP contribution in [0.5, 0.6) is 5.75 Å². The van der Waals surface area contributed by atoms with E-state index in [-0.39, 0.29) is 11.3 Å². The van der Waals surface area contributed by atoms with Gasteiger partial charge in [-0.1, -0.05) is 78.4 Å². The van der Waals surface area contributed by atoms with Crippen molar-refractivity contribution in [1.82, 2.24) is 0 Å². The molecule has 0 radical (unpaired) electrons. The Labute approximate surface area is 160 Å². The Morgan fingerprint density at radius 1 is 1.08 bits per heavy atom. The fraction of sp³-hybridized carbons (Fsp3) is 0.708. The second-order valence-electron chi connectivity index (χ2n) is 9.00. The fourth-order valence-electron chi connectivity index (χ4n) is 4.56. The summed E-state index contributed by atoms with van der Waals surface area (Å²) in [5.74, 6) is 1.42. The van der Waals surface area contributed by atoms with Gasteiger partial charge in [-0.15, -0.1) is 0 Å². The Hall–Kier alpha value is -1.31. The molecule has 0 aromatic heterocycles. The summed E-state index contributed by atoms with van der Waals surface area (Å²) in [4.78, 5) is 12.2. The van der Waals surface area contributed by atoms with Gasteiger partial charge < -0.3 is 5.11 Å². The lowest BCUT2D eigenvalue weighted by atomic mass is 9.74. The minimum atomic E-state index is 0.0802. The zero-order valence-electron chi connectivity index (χ0n) is 17.3. The second-order valence-corrected chi connectivity index (χ2v) is 9.00. The van der Waals surface area contributed by atoms with Crippen LogP contribution >= 0.6 is 0 Å². The van der Waals surface area contributed by atoms with Crippen molar-refractivity contribution >= 4 is 5.78 Å². The summed E-state index contributed by atoms with van der Waals surface area (Å²) in [7, 11) is 0. The van der Waals surface area contributed by atoms with Gasteiger partial charge in [0.25, 0.3) is 0 Å². The van der Waals surface area contributed by atoms with Crippen LogP contribution < -0.4 is 0 Å². The second kappa shape index (κ2) is 9.58. The summed E-state index contributed by atoms with van der Waals surface area (Å²) in [6.07, 6.45) is 10.8. The van der Waals surface area contributed by atoms with E-state index in [9.17, 15) is 9.90 Å². The van der Waals surface area contributed by atoms with Crippen molar-refractivity contribution in [3.8, 4) is 5.75 Å². The highest BCUT2D eigenvalue weighted by molar-refractivity contribution is 5.80. The van der Waals surface area contributed by atoms with Gasteiger partial charge >= 0.3 is 0 Å². The fourth-order valence-corrected chi connectivity index (χ4v) is 4.56. The highest BCUT2D eigenvalue weighted by atomic mass is 16.3. The van der Waals surface area contributed by atoms with Gasteiger partial charge in [-0.2, -0.15) is 0 Å². The number of hydrogen-bond acceptors (Lipinski definition) is 2. The van der Waals surface area contributed by atoms with Gasteiger partial charge in [-0.05, 0) is 47.3 Å². The predicted molar refractivity (Wildman–Crippen MR) is 110 cm³/mol. The highest BCUT2D eigenvalue weighted by Crippen LogP contribution is 2.41. The van der Waals surface area contributed by atoms with Crippen molar-refractivity contribution in [2.45, 2.75) is 103 Å². The molecule has 0 amide bonds. The standard InChI is InChI=1S/C24H38O2/c1-5-7-8-9-13-24(3,4)20-11-12-22(23(26)17-20)19-14-18(10-6-2)15-21(25)16-19/h11-12,17-19,26H,5-10,13-16H2,1-4H3/t18-,19+/m0/s1. The van der Waals surface area contributed by atoms with Crippen molar-refractivity contribution in [1.29, 1.82) is 0 Å². The molecule has 0 spiro atoms. The maximum atomic E-state index is 12.2. The summed E-state index contributed by atoms with van der Waals surface area (Å²) in [5, 5.41) is 10.7. The first kappa shape index (κ1) is 21.0. The summed E-state index contributed by atoms with van der Waals surface area (Å²) >= 11 is 0. The van der Waals surface area contributed by atoms with Gasteiger partial charge in [0.05, 0.1) is 0 Å². The smallest absolute Gasteiger partial charge is 0.133 e. The lowest BCUT2D eigenvalue weighted by Crippen LogP contribution is -2.22. The van der Waals surface area contributed by atoms with Crippen LogP contribution in [0, 0.1) is 5.92 Å². The van der Waals surface area contributed by atoms with E-state index < -0.39 is 0 Å². The molecule has 2 heteroatoms. The monoisotopic (exact) mass is 358 g/mol. The molecule has 1 aromatic carbocycles. The molecule has 0 saturated heterocycles. The number of ketones is 1. The van der Waals surface area contributed by atoms with E-state index in [1.54, 1.807) is 0 Å². The van der Waals surface area contributed by atoms with Crippen LogP contribution in [0.1, 0.15) is 109 Å². The van der Waals surface area contributed by atoms with Crippen molar-refractivity contribution in [2.24, 2.45) is 5.92 Å². The number of hydrogen-bond donors (Lipinski definition) is 1. The van der Waals surface area contributed by atoms with Crippen molar-refractivity contribution in [2.75, 3.05) is 0 Å². The number of aromatic hydroxyl groups is 1. The van der Waals surface area contributed by atoms with Crippen LogP contribution in [0.4, 0.5) is 0 Å². The van der Waals surface area contributed by atoms with Crippen LogP contribution in [0.25, 0.3) is 0 Å². The Kier molecular flexibility index (Phi) is 7.73. The number of carbonyl (C=O) groups excluding carboxylic acids is 1. The normalized spacial score (nSPS) is 21.2. The Morgan fingerprint density at radius 3 is 2.50 bits per heavy atom. The van der Waals surface area contributed by atoms with Crippen LogP contribution in [0.2, 0.25) is 0 Å². The Balaban J connectivity index is 2.09. The van der Waals surface area contributed by atoms with E-state index in [1.807, 2.05) is 6.07 Å². The van der Waals surface area contributed by atoms with E-state index in [2.05, 4.69) is 39.8 Å². The van der Waals surface area contributed by atoms with E-state index in [4.69, 9.17) is 0 Å². The molecule has 1 saturated carbocycles. The van der Waals surface area contributed by atoms with Gasteiger partial charge in [0.1, 0.15) is 11.5 Å². The Morgan fingerprint density at radius 2 is 1.85 bits per heavy atom. The third kappa shape index (κ3) is 5.59. The first-order valence-corrected chi connectivity index (χ1v) is 10.7. The zero-order valence-corrected chi connectivity index (χ0v) is 17.3. The zero-order chi connectivity index (χ0) is 19.2. The number of Topliss-reactive ketones (excluding diaryl/α,β-unsaturated/α-hetero) is 1. The maximum Gasteiger partial charge on any atom is 0.133 e. The molecular weight excluding hydrogens is 320 g/mol. The number of phenolic OH excluding ortho intramolecular Hbond substituents is 1. The first-order chi connectivity index (χ1) is 12.4. The molecule has 26 heavy (non-hydrogen) atoms. The van der Waals surface area contributed by atoms with E-state index in [0.717, 1.165) is 37.7 Å². The van der Waals surface area contributed by atoms with Crippen LogP contribution in [0.15, 0.2) is 18.2 Å². The predicted octanol–water partition coefficient (Wildman–Crippen LogP) is 6.89. The molecule has 1 aromatic rings. The quantitative estimate of drug-likeness (QED) is 0.488. The van der Waals surface area contributed by atoms with Crippen molar-refractivity contribution in [3.63, 3.8) is 0 Å². The number of unbranched alkanes of at least 4 members (excludes halogenated alkanes) is 3. The minimum Gasteiger partial charge on any atom is -0.508 e. The average Bonchev–Trinajstić information content (AvgIpc) is 2.58. The van der Waals surface area contributed by atoms with Crippen molar-refractivity contribution < 1.29 is 9.90 Å². The molecule has 0 heterocycles. The molecule has 146 valence electrons. The molecule has 1 aliphatic rings. The number of rotatable bonds is 9. The van der Waals surface area contributed by atoms with E-state index >= 15 is 0 Å². The summed E-state index contributed by atoms with van der Waals surface area (Å²) in [6, 6.07) is 6.23. The van der Waals surface area contributed by atoms with Gasteiger partial charge in [-0.3, -0.25) is 4.79 Å². The summed E-state index contributed by atoms with van der Waals surface area (Å²) < 4.78 is 0. The molecule has 0 unspecified atom stereocenters. The molecule has 2 atom stereocenters. The van der Waals surface area contributed by atoms with Gasteiger partial charge in [0.2, 0.25) is 0 Å². The third-order valence-electron chi connectivity index (χ3n) is 6.21. The summed E-state index contributed by atoms with van der Waals surface area (Å²) in [5.41, 5.74) is 2.27. The molecule has 1 aliphatic carbocycles. The Bertz CT molecular complexity index is 588. The minimum absolute atomic E-state index is 0.0802. The number of benzene rings is 1. The molecule has 2 rings (SSSR count). The summed E-state index contributed by atoms with van der Waals surface area (Å²) in [6.45, 7) is 8.97. The highest BCUT2D eigenvalue weighted by Gasteiger charge is 2.30. The number of carbonyl (C=O) groups is 1. The van der Waals surface area contributed by atoms with Gasteiger partial charge in [0, 0.05) is 12.8 Å². The third-order valence-corrected chi connectivity index (χ3v) is 6.21. The van der Waals surface area contributed by atoms with Crippen LogP contribution in [0.3, 0.4) is 0 Å². The molecule has 0 aliphatic heterocycles. The maximum absolute atomic E-state index is 12.2. The SMILES string of the molecule is CCCCCCC(C)(C)c1ccc([C@H]2CC(=O)C[C@@H](CCC)C2)c(O)c1. The van der Waals surface area contributed by atoms with Gasteiger partial charge in [0.15, 0.2) is 0 Å². The number of phenols is 1. The van der Waals surface area contributed by atoms with E-state index in [0.29, 0.717) is 23.9 Å². The lowest BCUT2D eigenvalue weighted by molar-refractivity contribution is -0.122. The van der Waals surface area contributed by atoms with Crippen LogP contribution in [-0.2, 0) is 10.2 Å².